The van der Waals surface area contributed by atoms with Crippen LogP contribution >= 0.6 is 0 Å². The van der Waals surface area contributed by atoms with Crippen LogP contribution in [0.3, 0.4) is 0 Å². The number of aromatic nitrogens is 3. The van der Waals surface area contributed by atoms with Gasteiger partial charge >= 0.3 is 0 Å². The van der Waals surface area contributed by atoms with Gasteiger partial charge in [-0.3, -0.25) is 9.48 Å². The van der Waals surface area contributed by atoms with Gasteiger partial charge in [-0.05, 0) is 19.1 Å². The van der Waals surface area contributed by atoms with Crippen molar-refractivity contribution in [3.05, 3.63) is 35.9 Å². The molecule has 0 fully saturated rings. The van der Waals surface area contributed by atoms with Crippen molar-refractivity contribution in [3.63, 3.8) is 0 Å². The summed E-state index contributed by atoms with van der Waals surface area (Å²) in [4.78, 5) is 16.5. The molecule has 112 valence electrons. The van der Waals surface area contributed by atoms with Gasteiger partial charge in [0.25, 0.3) is 5.91 Å². The van der Waals surface area contributed by atoms with Crippen LogP contribution in [0.25, 0.3) is 0 Å². The molecule has 0 saturated carbocycles. The zero-order valence-electron chi connectivity index (χ0n) is 12.5. The van der Waals surface area contributed by atoms with E-state index in [1.165, 1.54) is 20.5 Å². The molecule has 7 heteroatoms. The summed E-state index contributed by atoms with van der Waals surface area (Å²) in [7, 11) is 4.81. The molecular weight excluding hydrogens is 272 g/mol. The van der Waals surface area contributed by atoms with Crippen molar-refractivity contribution < 1.29 is 14.3 Å². The third-order valence-corrected chi connectivity index (χ3v) is 3.13. The smallest absolute Gasteiger partial charge is 0.255 e. The molecule has 2 rings (SSSR count). The lowest BCUT2D eigenvalue weighted by Crippen LogP contribution is -2.29. The predicted molar refractivity (Wildman–Crippen MR) is 76.4 cm³/mol. The average molecular weight is 290 g/mol. The van der Waals surface area contributed by atoms with Crippen molar-refractivity contribution >= 4 is 5.91 Å². The first-order valence-electron chi connectivity index (χ1n) is 6.44. The highest BCUT2D eigenvalue weighted by Crippen LogP contribution is 2.30. The highest BCUT2D eigenvalue weighted by atomic mass is 16.5. The van der Waals surface area contributed by atoms with Gasteiger partial charge in [0, 0.05) is 7.05 Å². The summed E-state index contributed by atoms with van der Waals surface area (Å²) in [6.45, 7) is 1.84. The van der Waals surface area contributed by atoms with Crippen LogP contribution in [0.15, 0.2) is 24.5 Å². The second-order valence-corrected chi connectivity index (χ2v) is 4.48. The molecule has 7 nitrogen and oxygen atoms in total. The van der Waals surface area contributed by atoms with Crippen molar-refractivity contribution in [2.45, 2.75) is 13.0 Å². The third kappa shape index (κ3) is 2.96. The molecule has 2 aromatic rings. The molecular formula is C14H18N4O3. The number of aryl methyl sites for hydroxylation is 1. The first kappa shape index (κ1) is 14.8. The van der Waals surface area contributed by atoms with E-state index in [4.69, 9.17) is 9.47 Å². The molecule has 1 aromatic heterocycles. The summed E-state index contributed by atoms with van der Waals surface area (Å²) in [5, 5.41) is 6.86. The second kappa shape index (κ2) is 6.25. The molecule has 0 aliphatic heterocycles. The summed E-state index contributed by atoms with van der Waals surface area (Å²) >= 11 is 0. The van der Waals surface area contributed by atoms with Gasteiger partial charge in [0.15, 0.2) is 11.5 Å². The number of nitrogens with zero attached hydrogens (tertiary/aromatic N) is 3. The number of rotatable bonds is 5. The molecule has 1 N–H and O–H groups in total. The van der Waals surface area contributed by atoms with Gasteiger partial charge in [-0.1, -0.05) is 6.07 Å². The largest absolute Gasteiger partial charge is 0.493 e. The van der Waals surface area contributed by atoms with Crippen LogP contribution in [0.4, 0.5) is 0 Å². The van der Waals surface area contributed by atoms with Crippen LogP contribution in [-0.4, -0.2) is 34.9 Å². The number of hydrogen-bond acceptors (Lipinski definition) is 5. The molecule has 21 heavy (non-hydrogen) atoms. The van der Waals surface area contributed by atoms with Crippen LogP contribution in [0.1, 0.15) is 29.1 Å². The van der Waals surface area contributed by atoms with E-state index in [-0.39, 0.29) is 11.9 Å². The molecule has 1 heterocycles. The van der Waals surface area contributed by atoms with Crippen LogP contribution in [0.2, 0.25) is 0 Å². The molecule has 0 radical (unpaired) electrons. The maximum absolute atomic E-state index is 12.4. The number of nitrogens with one attached hydrogen (secondary N) is 1. The Morgan fingerprint density at radius 2 is 2.10 bits per heavy atom. The fourth-order valence-corrected chi connectivity index (χ4v) is 2.10. The Labute approximate surface area is 122 Å². The summed E-state index contributed by atoms with van der Waals surface area (Å²) in [6.07, 6.45) is 1.45. The Morgan fingerprint density at radius 3 is 2.67 bits per heavy atom. The zero-order chi connectivity index (χ0) is 15.4. The van der Waals surface area contributed by atoms with E-state index in [0.717, 1.165) is 0 Å². The molecule has 1 aromatic carbocycles. The summed E-state index contributed by atoms with van der Waals surface area (Å²) in [5.41, 5.74) is 0.408. The lowest BCUT2D eigenvalue weighted by atomic mass is 10.1. The number of para-hydroxylation sites is 1. The lowest BCUT2D eigenvalue weighted by molar-refractivity contribution is 0.0934. The minimum absolute atomic E-state index is 0.263. The molecule has 0 aliphatic carbocycles. The number of carbonyl (C=O) groups is 1. The minimum Gasteiger partial charge on any atom is -0.493 e. The molecule has 0 saturated heterocycles. The van der Waals surface area contributed by atoms with E-state index >= 15 is 0 Å². The first-order valence-corrected chi connectivity index (χ1v) is 6.44. The molecule has 1 amide bonds. The topological polar surface area (TPSA) is 78.3 Å². The molecule has 0 aliphatic rings. The fraction of sp³-hybridized carbons (Fsp3) is 0.357. The molecule has 0 spiro atoms. The van der Waals surface area contributed by atoms with Crippen LogP contribution in [-0.2, 0) is 7.05 Å². The number of methoxy groups -OCH3 is 2. The standard InChI is InChI=1S/C14H18N4O3/c1-9(13-15-8-16-18(13)2)17-14(19)10-6-5-7-11(20-3)12(10)21-4/h5-9H,1-4H3,(H,17,19)/t9-/m1/s1. The number of hydrogen-bond donors (Lipinski definition) is 1. The van der Waals surface area contributed by atoms with Gasteiger partial charge in [-0.2, -0.15) is 5.10 Å². The van der Waals surface area contributed by atoms with Gasteiger partial charge in [0.05, 0.1) is 25.8 Å². The number of benzene rings is 1. The van der Waals surface area contributed by atoms with Crippen LogP contribution in [0.5, 0.6) is 11.5 Å². The molecule has 0 unspecified atom stereocenters. The second-order valence-electron chi connectivity index (χ2n) is 4.48. The van der Waals surface area contributed by atoms with E-state index in [2.05, 4.69) is 15.4 Å². The number of ether oxygens (including phenoxy) is 2. The fourth-order valence-electron chi connectivity index (χ4n) is 2.10. The Morgan fingerprint density at radius 1 is 1.33 bits per heavy atom. The Bertz CT molecular complexity index is 639. The molecule has 1 atom stereocenters. The molecule has 0 bridgehead atoms. The first-order chi connectivity index (χ1) is 10.1. The summed E-state index contributed by atoms with van der Waals surface area (Å²) in [5.74, 6) is 1.32. The van der Waals surface area contributed by atoms with E-state index in [1.807, 2.05) is 6.92 Å². The van der Waals surface area contributed by atoms with Gasteiger partial charge < -0.3 is 14.8 Å². The Kier molecular flexibility index (Phi) is 4.42. The highest BCUT2D eigenvalue weighted by molar-refractivity contribution is 5.98. The third-order valence-electron chi connectivity index (χ3n) is 3.13. The van der Waals surface area contributed by atoms with Gasteiger partial charge in [0.1, 0.15) is 12.2 Å². The van der Waals surface area contributed by atoms with Crippen molar-refractivity contribution in [3.8, 4) is 11.5 Å². The normalized spacial score (nSPS) is 11.8. The summed E-state index contributed by atoms with van der Waals surface area (Å²) in [6, 6.07) is 4.88. The minimum atomic E-state index is -0.277. The van der Waals surface area contributed by atoms with Crippen molar-refractivity contribution in [2.75, 3.05) is 14.2 Å². The number of carbonyl (C=O) groups excluding carboxylic acids is 1. The van der Waals surface area contributed by atoms with Crippen LogP contribution < -0.4 is 14.8 Å². The quantitative estimate of drug-likeness (QED) is 0.898. The monoisotopic (exact) mass is 290 g/mol. The van der Waals surface area contributed by atoms with Gasteiger partial charge in [0.2, 0.25) is 0 Å². The van der Waals surface area contributed by atoms with Crippen LogP contribution in [0, 0.1) is 0 Å². The van der Waals surface area contributed by atoms with E-state index in [0.29, 0.717) is 22.9 Å². The average Bonchev–Trinajstić information content (AvgIpc) is 2.92. The predicted octanol–water partition coefficient (Wildman–Crippen LogP) is 1.32. The van der Waals surface area contributed by atoms with Crippen molar-refractivity contribution in [1.29, 1.82) is 0 Å². The Hall–Kier alpha value is -2.57. The van der Waals surface area contributed by atoms with Gasteiger partial charge in [-0.25, -0.2) is 4.98 Å². The zero-order valence-corrected chi connectivity index (χ0v) is 12.5. The van der Waals surface area contributed by atoms with Crippen molar-refractivity contribution in [1.82, 2.24) is 20.1 Å². The number of amides is 1. The lowest BCUT2D eigenvalue weighted by Gasteiger charge is -2.16. The van der Waals surface area contributed by atoms with E-state index < -0.39 is 0 Å². The maximum Gasteiger partial charge on any atom is 0.255 e. The Balaban J connectivity index is 2.23. The maximum atomic E-state index is 12.4. The SMILES string of the molecule is COc1cccc(C(=O)N[C@H](C)c2ncnn2C)c1OC. The van der Waals surface area contributed by atoms with Crippen molar-refractivity contribution in [2.24, 2.45) is 7.05 Å². The summed E-state index contributed by atoms with van der Waals surface area (Å²) < 4.78 is 12.1. The van der Waals surface area contributed by atoms with Gasteiger partial charge in [-0.15, -0.1) is 0 Å². The van der Waals surface area contributed by atoms with E-state index in [9.17, 15) is 4.79 Å². The van der Waals surface area contributed by atoms with E-state index in [1.54, 1.807) is 29.9 Å². The highest BCUT2D eigenvalue weighted by Gasteiger charge is 2.20.